The number of amides is 2. The largest absolute Gasteiger partial charge is 0.496 e. The highest BCUT2D eigenvalue weighted by atomic mass is 16.5. The van der Waals surface area contributed by atoms with Gasteiger partial charge in [0.05, 0.1) is 19.3 Å². The van der Waals surface area contributed by atoms with E-state index in [0.717, 1.165) is 25.7 Å². The van der Waals surface area contributed by atoms with Crippen molar-refractivity contribution in [1.29, 1.82) is 0 Å². The van der Waals surface area contributed by atoms with Crippen LogP contribution in [0.25, 0.3) is 0 Å². The van der Waals surface area contributed by atoms with Crippen molar-refractivity contribution in [2.75, 3.05) is 33.9 Å². The maximum absolute atomic E-state index is 12.9. The third-order valence-corrected chi connectivity index (χ3v) is 6.49. The first-order chi connectivity index (χ1) is 15.6. The summed E-state index contributed by atoms with van der Waals surface area (Å²) in [7, 11) is 3.20. The Kier molecular flexibility index (Phi) is 8.68. The summed E-state index contributed by atoms with van der Waals surface area (Å²) >= 11 is 0. The maximum atomic E-state index is 12.9. The lowest BCUT2D eigenvalue weighted by Gasteiger charge is -2.41. The monoisotopic (exact) mass is 438 g/mol. The van der Waals surface area contributed by atoms with Crippen LogP contribution in [0.4, 0.5) is 0 Å². The van der Waals surface area contributed by atoms with E-state index in [1.54, 1.807) is 26.4 Å². The average Bonchev–Trinajstić information content (AvgIpc) is 2.84. The molecule has 1 fully saturated rings. The number of carbonyl (C=O) groups excluding carboxylic acids is 2. The second-order valence-corrected chi connectivity index (χ2v) is 8.52. The molecule has 0 aliphatic heterocycles. The van der Waals surface area contributed by atoms with Crippen LogP contribution in [0.15, 0.2) is 54.6 Å². The molecule has 1 saturated carbocycles. The Hall–Kier alpha value is -2.86. The number of benzene rings is 2. The number of nitrogens with one attached hydrogen (secondary N) is 2. The van der Waals surface area contributed by atoms with Crippen LogP contribution in [-0.2, 0) is 14.9 Å². The maximum Gasteiger partial charge on any atom is 0.255 e. The van der Waals surface area contributed by atoms with Crippen LogP contribution in [0.1, 0.15) is 48.0 Å². The summed E-state index contributed by atoms with van der Waals surface area (Å²) in [4.78, 5) is 25.1. The topological polar surface area (TPSA) is 76.7 Å². The van der Waals surface area contributed by atoms with Gasteiger partial charge in [-0.25, -0.2) is 0 Å². The second-order valence-electron chi connectivity index (χ2n) is 8.52. The van der Waals surface area contributed by atoms with Crippen LogP contribution in [0.5, 0.6) is 5.75 Å². The van der Waals surface area contributed by atoms with E-state index in [1.807, 2.05) is 18.2 Å². The summed E-state index contributed by atoms with van der Waals surface area (Å²) in [6.07, 6.45) is 4.31. The lowest BCUT2D eigenvalue weighted by molar-refractivity contribution is -0.122. The van der Waals surface area contributed by atoms with Crippen LogP contribution >= 0.6 is 0 Å². The smallest absolute Gasteiger partial charge is 0.255 e. The third-order valence-electron chi connectivity index (χ3n) is 6.49. The number of carbonyl (C=O) groups is 2. The zero-order valence-electron chi connectivity index (χ0n) is 19.1. The molecule has 0 unspecified atom stereocenters. The van der Waals surface area contributed by atoms with E-state index < -0.39 is 0 Å². The molecule has 0 atom stereocenters. The number of hydrogen-bond donors (Lipinski definition) is 2. The molecule has 6 nitrogen and oxygen atoms in total. The molecule has 1 aliphatic rings. The van der Waals surface area contributed by atoms with Gasteiger partial charge in [0, 0.05) is 32.0 Å². The molecule has 32 heavy (non-hydrogen) atoms. The molecule has 0 aromatic heterocycles. The van der Waals surface area contributed by atoms with Crippen molar-refractivity contribution in [1.82, 2.24) is 10.6 Å². The molecule has 0 heterocycles. The minimum atomic E-state index is -0.137. The van der Waals surface area contributed by atoms with Crippen LogP contribution in [0, 0.1) is 5.92 Å². The predicted molar refractivity (Wildman–Crippen MR) is 125 cm³/mol. The van der Waals surface area contributed by atoms with E-state index in [0.29, 0.717) is 43.3 Å². The molecule has 6 heteroatoms. The van der Waals surface area contributed by atoms with E-state index in [-0.39, 0.29) is 17.2 Å². The Balaban J connectivity index is 1.65. The fourth-order valence-electron chi connectivity index (χ4n) is 4.60. The molecule has 2 N–H and O–H groups in total. The van der Waals surface area contributed by atoms with Crippen LogP contribution in [0.2, 0.25) is 0 Å². The van der Waals surface area contributed by atoms with Crippen LogP contribution < -0.4 is 15.4 Å². The highest BCUT2D eigenvalue weighted by molar-refractivity contribution is 5.97. The molecular weight excluding hydrogens is 404 g/mol. The third kappa shape index (κ3) is 6.10. The van der Waals surface area contributed by atoms with Crippen molar-refractivity contribution < 1.29 is 19.1 Å². The highest BCUT2D eigenvalue weighted by Gasteiger charge is 2.37. The Morgan fingerprint density at radius 3 is 2.34 bits per heavy atom. The molecule has 0 bridgehead atoms. The lowest BCUT2D eigenvalue weighted by Crippen LogP contribution is -2.44. The van der Waals surface area contributed by atoms with E-state index in [2.05, 4.69) is 34.9 Å². The number of hydrogen-bond acceptors (Lipinski definition) is 4. The fraction of sp³-hybridized carbons (Fsp3) is 0.462. The van der Waals surface area contributed by atoms with Crippen LogP contribution in [-0.4, -0.2) is 45.7 Å². The van der Waals surface area contributed by atoms with Crippen molar-refractivity contribution in [3.05, 3.63) is 65.7 Å². The fourth-order valence-corrected chi connectivity index (χ4v) is 4.60. The Morgan fingerprint density at radius 2 is 1.66 bits per heavy atom. The van der Waals surface area contributed by atoms with Gasteiger partial charge < -0.3 is 20.1 Å². The summed E-state index contributed by atoms with van der Waals surface area (Å²) in [6.45, 7) is 1.63. The molecule has 3 rings (SSSR count). The van der Waals surface area contributed by atoms with E-state index >= 15 is 0 Å². The van der Waals surface area contributed by atoms with Crippen molar-refractivity contribution in [2.24, 2.45) is 5.92 Å². The molecule has 0 radical (unpaired) electrons. The molecule has 2 aromatic rings. The van der Waals surface area contributed by atoms with Crippen LogP contribution in [0.3, 0.4) is 0 Å². The van der Waals surface area contributed by atoms with Gasteiger partial charge in [0.1, 0.15) is 5.75 Å². The Labute approximate surface area is 190 Å². The van der Waals surface area contributed by atoms with Gasteiger partial charge in [-0.1, -0.05) is 42.5 Å². The van der Waals surface area contributed by atoms with Crippen molar-refractivity contribution in [2.45, 2.75) is 37.5 Å². The van der Waals surface area contributed by atoms with Gasteiger partial charge in [0.2, 0.25) is 5.91 Å². The molecule has 0 spiro atoms. The summed E-state index contributed by atoms with van der Waals surface area (Å²) < 4.78 is 10.3. The minimum absolute atomic E-state index is 0.0868. The zero-order chi connectivity index (χ0) is 22.8. The first-order valence-electron chi connectivity index (χ1n) is 11.3. The van der Waals surface area contributed by atoms with Gasteiger partial charge in [-0.15, -0.1) is 0 Å². The van der Waals surface area contributed by atoms with E-state index in [1.165, 1.54) is 5.56 Å². The summed E-state index contributed by atoms with van der Waals surface area (Å²) in [5.74, 6) is 0.891. The number of ether oxygens (including phenoxy) is 2. The Bertz CT molecular complexity index is 876. The molecule has 1 aliphatic carbocycles. The normalized spacial score (nSPS) is 20.4. The SMILES string of the molecule is COCCNC(=O)CC1CCC(CNC(=O)c2ccccc2OC)(c2ccccc2)CC1. The average molecular weight is 439 g/mol. The molecule has 2 amide bonds. The van der Waals surface area contributed by atoms with Crippen molar-refractivity contribution in [3.63, 3.8) is 0 Å². The first kappa shape index (κ1) is 23.8. The second kappa shape index (κ2) is 11.7. The van der Waals surface area contributed by atoms with Crippen molar-refractivity contribution >= 4 is 11.8 Å². The highest BCUT2D eigenvalue weighted by Crippen LogP contribution is 2.42. The number of rotatable bonds is 10. The predicted octanol–water partition coefficient (Wildman–Crippen LogP) is 3.71. The lowest BCUT2D eigenvalue weighted by atomic mass is 9.66. The molecule has 0 saturated heterocycles. The van der Waals surface area contributed by atoms with Crippen molar-refractivity contribution in [3.8, 4) is 5.75 Å². The van der Waals surface area contributed by atoms with E-state index in [9.17, 15) is 9.59 Å². The Morgan fingerprint density at radius 1 is 0.969 bits per heavy atom. The molecule has 172 valence electrons. The quantitative estimate of drug-likeness (QED) is 0.555. The van der Waals surface area contributed by atoms with Gasteiger partial charge in [0.15, 0.2) is 0 Å². The summed E-state index contributed by atoms with van der Waals surface area (Å²) in [5, 5.41) is 6.08. The van der Waals surface area contributed by atoms with E-state index in [4.69, 9.17) is 9.47 Å². The standard InChI is InChI=1S/C26H34N2O4/c1-31-17-16-27-24(29)18-20-12-14-26(15-13-20,21-8-4-3-5-9-21)19-28-25(30)22-10-6-7-11-23(22)32-2/h3-11,20H,12-19H2,1-2H3,(H,27,29)(H,28,30). The molecule has 2 aromatic carbocycles. The zero-order valence-corrected chi connectivity index (χ0v) is 19.1. The van der Waals surface area contributed by atoms with Gasteiger partial charge in [-0.3, -0.25) is 9.59 Å². The van der Waals surface area contributed by atoms with Gasteiger partial charge in [-0.2, -0.15) is 0 Å². The minimum Gasteiger partial charge on any atom is -0.496 e. The first-order valence-corrected chi connectivity index (χ1v) is 11.3. The molecular formula is C26H34N2O4. The summed E-state index contributed by atoms with van der Waals surface area (Å²) in [5.41, 5.74) is 1.64. The number of para-hydroxylation sites is 1. The van der Waals surface area contributed by atoms with Gasteiger partial charge in [0.25, 0.3) is 5.91 Å². The summed E-state index contributed by atoms with van der Waals surface area (Å²) in [6, 6.07) is 17.7. The van der Waals surface area contributed by atoms with Gasteiger partial charge in [-0.05, 0) is 49.3 Å². The number of methoxy groups -OCH3 is 2. The van der Waals surface area contributed by atoms with Gasteiger partial charge >= 0.3 is 0 Å².